The Balaban J connectivity index is 1.89. The first-order valence-electron chi connectivity index (χ1n) is 6.40. The molecule has 1 heterocycles. The Hall–Kier alpha value is -2.80. The van der Waals surface area contributed by atoms with Gasteiger partial charge in [-0.3, -0.25) is 4.79 Å². The molecule has 0 atom stereocenters. The van der Waals surface area contributed by atoms with Crippen LogP contribution in [-0.2, 0) is 11.3 Å². The van der Waals surface area contributed by atoms with Gasteiger partial charge in [0.05, 0.1) is 36.1 Å². The Kier molecular flexibility index (Phi) is 3.10. The maximum Gasteiger partial charge on any atom is 0.246 e. The molecule has 0 aliphatic carbocycles. The van der Waals surface area contributed by atoms with Crippen molar-refractivity contribution in [3.8, 4) is 6.07 Å². The number of amides is 1. The molecule has 0 unspecified atom stereocenters. The van der Waals surface area contributed by atoms with Crippen molar-refractivity contribution in [1.29, 1.82) is 5.26 Å². The van der Waals surface area contributed by atoms with Crippen molar-refractivity contribution in [2.45, 2.75) is 6.54 Å². The average molecular weight is 263 g/mol. The number of hydrogen-bond donors (Lipinski definition) is 1. The molecule has 4 heteroatoms. The number of benzene rings is 2. The number of para-hydroxylation sites is 2. The van der Waals surface area contributed by atoms with Gasteiger partial charge < -0.3 is 10.2 Å². The van der Waals surface area contributed by atoms with Gasteiger partial charge in [-0.15, -0.1) is 0 Å². The lowest BCUT2D eigenvalue weighted by Gasteiger charge is -2.30. The fourth-order valence-corrected chi connectivity index (χ4v) is 2.30. The predicted molar refractivity (Wildman–Crippen MR) is 77.3 cm³/mol. The van der Waals surface area contributed by atoms with Crippen molar-refractivity contribution in [1.82, 2.24) is 0 Å². The monoisotopic (exact) mass is 263 g/mol. The van der Waals surface area contributed by atoms with Gasteiger partial charge in [0.25, 0.3) is 0 Å². The summed E-state index contributed by atoms with van der Waals surface area (Å²) in [4.78, 5) is 13.9. The van der Waals surface area contributed by atoms with Crippen LogP contribution < -0.4 is 10.2 Å². The Morgan fingerprint density at radius 2 is 1.90 bits per heavy atom. The number of nitrogens with zero attached hydrogens (tertiary/aromatic N) is 2. The predicted octanol–water partition coefficient (Wildman–Crippen LogP) is 2.52. The summed E-state index contributed by atoms with van der Waals surface area (Å²) in [5, 5.41) is 11.9. The van der Waals surface area contributed by atoms with E-state index in [9.17, 15) is 4.79 Å². The molecule has 20 heavy (non-hydrogen) atoms. The van der Waals surface area contributed by atoms with Crippen LogP contribution in [-0.4, -0.2) is 12.5 Å². The molecule has 98 valence electrons. The van der Waals surface area contributed by atoms with Gasteiger partial charge in [-0.05, 0) is 29.8 Å². The summed E-state index contributed by atoms with van der Waals surface area (Å²) in [6.45, 7) is 0.830. The van der Waals surface area contributed by atoms with Crippen molar-refractivity contribution < 1.29 is 4.79 Å². The number of fused-ring (bicyclic) bond motifs is 1. The van der Waals surface area contributed by atoms with Crippen molar-refractivity contribution in [2.75, 3.05) is 16.8 Å². The minimum absolute atomic E-state index is 0.0491. The average Bonchev–Trinajstić information content (AvgIpc) is 2.51. The molecule has 1 N–H and O–H groups in total. The van der Waals surface area contributed by atoms with Gasteiger partial charge in [-0.25, -0.2) is 0 Å². The van der Waals surface area contributed by atoms with Crippen LogP contribution in [0.3, 0.4) is 0 Å². The maximum absolute atomic E-state index is 12.1. The van der Waals surface area contributed by atoms with Crippen molar-refractivity contribution in [3.05, 3.63) is 59.7 Å². The first-order chi connectivity index (χ1) is 9.78. The summed E-state index contributed by atoms with van der Waals surface area (Å²) in [5.41, 5.74) is 3.50. The van der Waals surface area contributed by atoms with Crippen LogP contribution in [0.4, 0.5) is 11.4 Å². The van der Waals surface area contributed by atoms with E-state index in [1.54, 1.807) is 17.0 Å². The van der Waals surface area contributed by atoms with Crippen LogP contribution in [0.25, 0.3) is 0 Å². The number of hydrogen-bond acceptors (Lipinski definition) is 3. The lowest BCUT2D eigenvalue weighted by molar-refractivity contribution is -0.117. The van der Waals surface area contributed by atoms with Gasteiger partial charge in [0.2, 0.25) is 5.91 Å². The van der Waals surface area contributed by atoms with Gasteiger partial charge in [0.1, 0.15) is 0 Å². The van der Waals surface area contributed by atoms with E-state index in [0.29, 0.717) is 18.7 Å². The third-order valence-corrected chi connectivity index (χ3v) is 3.35. The molecule has 0 spiro atoms. The van der Waals surface area contributed by atoms with E-state index in [-0.39, 0.29) is 5.91 Å². The Bertz CT molecular complexity index is 686. The molecule has 0 radical (unpaired) electrons. The molecule has 2 aromatic carbocycles. The Morgan fingerprint density at radius 3 is 2.65 bits per heavy atom. The number of rotatable bonds is 2. The summed E-state index contributed by atoms with van der Waals surface area (Å²) in [5.74, 6) is 0.0491. The Labute approximate surface area is 117 Å². The van der Waals surface area contributed by atoms with Crippen LogP contribution in [0.2, 0.25) is 0 Å². The Morgan fingerprint density at radius 1 is 1.15 bits per heavy atom. The number of carbonyl (C=O) groups is 1. The van der Waals surface area contributed by atoms with E-state index >= 15 is 0 Å². The molecule has 4 nitrogen and oxygen atoms in total. The molecule has 3 rings (SSSR count). The van der Waals surface area contributed by atoms with Crippen LogP contribution in [0, 0.1) is 11.3 Å². The van der Waals surface area contributed by atoms with E-state index in [1.807, 2.05) is 36.4 Å². The standard InChI is InChI=1S/C16H13N3O/c17-9-12-5-7-13(8-6-12)11-19-15-4-2-1-3-14(15)18-10-16(19)20/h1-8,18H,10-11H2. The number of carbonyl (C=O) groups excluding carboxylic acids is 1. The molecule has 0 bridgehead atoms. The maximum atomic E-state index is 12.1. The summed E-state index contributed by atoms with van der Waals surface area (Å²) in [6.07, 6.45) is 0. The molecule has 1 aliphatic heterocycles. The normalized spacial score (nSPS) is 13.3. The SMILES string of the molecule is N#Cc1ccc(CN2C(=O)CNc3ccccc32)cc1. The summed E-state index contributed by atoms with van der Waals surface area (Å²) >= 11 is 0. The highest BCUT2D eigenvalue weighted by Crippen LogP contribution is 2.30. The molecular weight excluding hydrogens is 250 g/mol. The van der Waals surface area contributed by atoms with E-state index in [0.717, 1.165) is 16.9 Å². The van der Waals surface area contributed by atoms with E-state index < -0.39 is 0 Å². The number of nitriles is 1. The van der Waals surface area contributed by atoms with E-state index in [1.165, 1.54) is 0 Å². The lowest BCUT2D eigenvalue weighted by atomic mass is 10.1. The van der Waals surface area contributed by atoms with Crippen molar-refractivity contribution >= 4 is 17.3 Å². The number of nitrogens with one attached hydrogen (secondary N) is 1. The van der Waals surface area contributed by atoms with Crippen LogP contribution >= 0.6 is 0 Å². The zero-order chi connectivity index (χ0) is 13.9. The molecule has 0 fully saturated rings. The van der Waals surface area contributed by atoms with Gasteiger partial charge in [0.15, 0.2) is 0 Å². The second-order valence-corrected chi connectivity index (χ2v) is 4.66. The van der Waals surface area contributed by atoms with Crippen LogP contribution in [0.5, 0.6) is 0 Å². The van der Waals surface area contributed by atoms with E-state index in [2.05, 4.69) is 11.4 Å². The fraction of sp³-hybridized carbons (Fsp3) is 0.125. The minimum Gasteiger partial charge on any atom is -0.374 e. The number of anilines is 2. The zero-order valence-electron chi connectivity index (χ0n) is 10.8. The second-order valence-electron chi connectivity index (χ2n) is 4.66. The van der Waals surface area contributed by atoms with Gasteiger partial charge in [0, 0.05) is 0 Å². The molecule has 1 amide bonds. The van der Waals surface area contributed by atoms with Crippen molar-refractivity contribution in [3.63, 3.8) is 0 Å². The first kappa shape index (κ1) is 12.2. The summed E-state index contributed by atoms with van der Waals surface area (Å²) < 4.78 is 0. The highest BCUT2D eigenvalue weighted by atomic mass is 16.2. The van der Waals surface area contributed by atoms with Crippen LogP contribution in [0.1, 0.15) is 11.1 Å². The molecule has 1 aliphatic rings. The third-order valence-electron chi connectivity index (χ3n) is 3.35. The topological polar surface area (TPSA) is 56.1 Å². The van der Waals surface area contributed by atoms with E-state index in [4.69, 9.17) is 5.26 Å². The van der Waals surface area contributed by atoms with Gasteiger partial charge in [-0.2, -0.15) is 5.26 Å². The quantitative estimate of drug-likeness (QED) is 0.905. The second kappa shape index (κ2) is 5.06. The van der Waals surface area contributed by atoms with Crippen LogP contribution in [0.15, 0.2) is 48.5 Å². The highest BCUT2D eigenvalue weighted by Gasteiger charge is 2.23. The minimum atomic E-state index is 0.0491. The molecular formula is C16H13N3O. The lowest BCUT2D eigenvalue weighted by Crippen LogP contribution is -2.39. The zero-order valence-corrected chi connectivity index (χ0v) is 10.8. The highest BCUT2D eigenvalue weighted by molar-refractivity contribution is 6.02. The summed E-state index contributed by atoms with van der Waals surface area (Å²) in [7, 11) is 0. The largest absolute Gasteiger partial charge is 0.374 e. The van der Waals surface area contributed by atoms with Crippen molar-refractivity contribution in [2.24, 2.45) is 0 Å². The molecule has 0 saturated heterocycles. The molecule has 0 saturated carbocycles. The fourth-order valence-electron chi connectivity index (χ4n) is 2.30. The first-order valence-corrected chi connectivity index (χ1v) is 6.40. The van der Waals surface area contributed by atoms with Gasteiger partial charge in [-0.1, -0.05) is 24.3 Å². The molecule has 2 aromatic rings. The van der Waals surface area contributed by atoms with Gasteiger partial charge >= 0.3 is 0 Å². The summed E-state index contributed by atoms with van der Waals surface area (Å²) in [6, 6.07) is 17.2. The molecule has 0 aromatic heterocycles. The smallest absolute Gasteiger partial charge is 0.246 e. The third kappa shape index (κ3) is 2.21.